The van der Waals surface area contributed by atoms with Gasteiger partial charge in [-0.3, -0.25) is 10.1 Å². The molecule has 1 N–H and O–H groups in total. The number of nitrogens with one attached hydrogen (secondary N) is 1. The van der Waals surface area contributed by atoms with E-state index in [0.29, 0.717) is 12.3 Å². The summed E-state index contributed by atoms with van der Waals surface area (Å²) in [5.74, 6) is 0.353. The van der Waals surface area contributed by atoms with Crippen LogP contribution in [-0.2, 0) is 6.54 Å². The van der Waals surface area contributed by atoms with E-state index in [-0.39, 0.29) is 5.88 Å². The topological polar surface area (TPSA) is 68.3 Å². The fourth-order valence-electron chi connectivity index (χ4n) is 0.975. The maximum Gasteiger partial charge on any atom is 0.433 e. The Morgan fingerprint density at radius 2 is 2.43 bits per heavy atom. The van der Waals surface area contributed by atoms with E-state index >= 15 is 0 Å². The van der Waals surface area contributed by atoms with Crippen LogP contribution in [0.25, 0.3) is 0 Å². The molecule has 1 heterocycles. The molecule has 5 nitrogen and oxygen atoms in total. The lowest BCUT2D eigenvalue weighted by atomic mass is 10.4. The SMILES string of the molecule is C=CCCNCc1ccc([N+](=O)[O-])o1. The number of nitro groups is 1. The zero-order valence-electron chi connectivity index (χ0n) is 7.73. The predicted molar refractivity (Wildman–Crippen MR) is 51.9 cm³/mol. The van der Waals surface area contributed by atoms with Gasteiger partial charge in [-0.05, 0) is 19.0 Å². The van der Waals surface area contributed by atoms with Crippen molar-refractivity contribution in [2.24, 2.45) is 0 Å². The molecule has 5 heteroatoms. The number of rotatable bonds is 6. The molecule has 1 rings (SSSR count). The molecule has 0 aliphatic carbocycles. The summed E-state index contributed by atoms with van der Waals surface area (Å²) in [6.07, 6.45) is 2.67. The number of nitrogens with zero attached hydrogens (tertiary/aromatic N) is 1. The molecule has 1 aromatic rings. The van der Waals surface area contributed by atoms with Crippen molar-refractivity contribution in [1.29, 1.82) is 0 Å². The predicted octanol–water partition coefficient (Wildman–Crippen LogP) is 1.85. The van der Waals surface area contributed by atoms with Gasteiger partial charge in [0.15, 0.2) is 0 Å². The molecule has 0 spiro atoms. The van der Waals surface area contributed by atoms with Gasteiger partial charge < -0.3 is 9.73 Å². The van der Waals surface area contributed by atoms with Gasteiger partial charge in [-0.2, -0.15) is 0 Å². The third-order valence-electron chi connectivity index (χ3n) is 1.65. The smallest absolute Gasteiger partial charge is 0.404 e. The van der Waals surface area contributed by atoms with Gasteiger partial charge in [0.2, 0.25) is 0 Å². The second kappa shape index (κ2) is 5.18. The molecule has 0 saturated carbocycles. The van der Waals surface area contributed by atoms with E-state index in [1.54, 1.807) is 12.1 Å². The molecule has 0 atom stereocenters. The normalized spacial score (nSPS) is 10.0. The van der Waals surface area contributed by atoms with Crippen LogP contribution in [0, 0.1) is 10.1 Å². The van der Waals surface area contributed by atoms with E-state index in [0.717, 1.165) is 13.0 Å². The Hall–Kier alpha value is -1.62. The summed E-state index contributed by atoms with van der Waals surface area (Å²) in [7, 11) is 0. The summed E-state index contributed by atoms with van der Waals surface area (Å²) >= 11 is 0. The Morgan fingerprint density at radius 1 is 1.64 bits per heavy atom. The molecule has 0 aromatic carbocycles. The number of furan rings is 1. The highest BCUT2D eigenvalue weighted by atomic mass is 16.6. The lowest BCUT2D eigenvalue weighted by molar-refractivity contribution is -0.402. The fraction of sp³-hybridized carbons (Fsp3) is 0.333. The zero-order valence-corrected chi connectivity index (χ0v) is 7.73. The van der Waals surface area contributed by atoms with Gasteiger partial charge in [-0.1, -0.05) is 6.08 Å². The van der Waals surface area contributed by atoms with E-state index < -0.39 is 4.92 Å². The number of hydrogen-bond donors (Lipinski definition) is 1. The quantitative estimate of drug-likeness (QED) is 0.326. The second-order valence-corrected chi connectivity index (χ2v) is 2.75. The first-order valence-electron chi connectivity index (χ1n) is 4.28. The largest absolute Gasteiger partial charge is 0.433 e. The van der Waals surface area contributed by atoms with E-state index in [4.69, 9.17) is 4.42 Å². The average molecular weight is 196 g/mol. The molecule has 0 radical (unpaired) electrons. The van der Waals surface area contributed by atoms with E-state index in [2.05, 4.69) is 11.9 Å². The van der Waals surface area contributed by atoms with Crippen LogP contribution in [0.1, 0.15) is 12.2 Å². The van der Waals surface area contributed by atoms with Gasteiger partial charge in [0.05, 0.1) is 12.6 Å². The monoisotopic (exact) mass is 196 g/mol. The Bertz CT molecular complexity index is 320. The van der Waals surface area contributed by atoms with Crippen molar-refractivity contribution < 1.29 is 9.34 Å². The summed E-state index contributed by atoms with van der Waals surface area (Å²) in [6.45, 7) is 4.87. The average Bonchev–Trinajstić information content (AvgIpc) is 2.61. The van der Waals surface area contributed by atoms with Crippen molar-refractivity contribution >= 4 is 5.88 Å². The van der Waals surface area contributed by atoms with E-state index in [1.165, 1.54) is 6.07 Å². The van der Waals surface area contributed by atoms with Crippen LogP contribution in [0.3, 0.4) is 0 Å². The standard InChI is InChI=1S/C9H12N2O3/c1-2-3-6-10-7-8-4-5-9(14-8)11(12)13/h2,4-5,10H,1,3,6-7H2. The van der Waals surface area contributed by atoms with Gasteiger partial charge in [0, 0.05) is 0 Å². The lowest BCUT2D eigenvalue weighted by Crippen LogP contribution is -2.13. The van der Waals surface area contributed by atoms with Crippen LogP contribution in [0.15, 0.2) is 29.2 Å². The van der Waals surface area contributed by atoms with Crippen LogP contribution in [0.2, 0.25) is 0 Å². The molecule has 0 bridgehead atoms. The first-order valence-corrected chi connectivity index (χ1v) is 4.28. The van der Waals surface area contributed by atoms with Crippen molar-refractivity contribution in [3.63, 3.8) is 0 Å². The van der Waals surface area contributed by atoms with Crippen LogP contribution in [0.5, 0.6) is 0 Å². The van der Waals surface area contributed by atoms with Crippen LogP contribution in [-0.4, -0.2) is 11.5 Å². The first kappa shape index (κ1) is 10.5. The van der Waals surface area contributed by atoms with Crippen LogP contribution in [0.4, 0.5) is 5.88 Å². The first-order chi connectivity index (χ1) is 6.74. The molecule has 0 amide bonds. The highest BCUT2D eigenvalue weighted by Gasteiger charge is 2.10. The Kier molecular flexibility index (Phi) is 3.87. The van der Waals surface area contributed by atoms with Crippen molar-refractivity contribution in [3.05, 3.63) is 40.7 Å². The Balaban J connectivity index is 2.36. The van der Waals surface area contributed by atoms with Crippen molar-refractivity contribution in [2.75, 3.05) is 6.54 Å². The summed E-state index contributed by atoms with van der Waals surface area (Å²) in [6, 6.07) is 2.95. The fourth-order valence-corrected chi connectivity index (χ4v) is 0.975. The molecule has 0 saturated heterocycles. The molecular formula is C9H12N2O3. The van der Waals surface area contributed by atoms with E-state index in [9.17, 15) is 10.1 Å². The van der Waals surface area contributed by atoms with Gasteiger partial charge in [-0.25, -0.2) is 0 Å². The summed E-state index contributed by atoms with van der Waals surface area (Å²) < 4.78 is 4.94. The van der Waals surface area contributed by atoms with Gasteiger partial charge >= 0.3 is 5.88 Å². The Labute approximate surface area is 81.6 Å². The maximum absolute atomic E-state index is 10.3. The molecule has 0 unspecified atom stereocenters. The molecule has 76 valence electrons. The summed E-state index contributed by atoms with van der Waals surface area (Å²) in [4.78, 5) is 9.72. The third kappa shape index (κ3) is 3.02. The van der Waals surface area contributed by atoms with Gasteiger partial charge in [-0.15, -0.1) is 6.58 Å². The lowest BCUT2D eigenvalue weighted by Gasteiger charge is -1.97. The van der Waals surface area contributed by atoms with Crippen LogP contribution < -0.4 is 5.32 Å². The molecule has 0 aliphatic rings. The minimum absolute atomic E-state index is 0.217. The maximum atomic E-state index is 10.3. The van der Waals surface area contributed by atoms with Crippen molar-refractivity contribution in [2.45, 2.75) is 13.0 Å². The van der Waals surface area contributed by atoms with Crippen LogP contribution >= 0.6 is 0 Å². The highest BCUT2D eigenvalue weighted by Crippen LogP contribution is 2.14. The second-order valence-electron chi connectivity index (χ2n) is 2.75. The minimum Gasteiger partial charge on any atom is -0.404 e. The number of hydrogen-bond acceptors (Lipinski definition) is 4. The van der Waals surface area contributed by atoms with Gasteiger partial charge in [0.25, 0.3) is 0 Å². The molecule has 0 aliphatic heterocycles. The van der Waals surface area contributed by atoms with Crippen molar-refractivity contribution in [3.8, 4) is 0 Å². The van der Waals surface area contributed by atoms with E-state index in [1.807, 2.05) is 0 Å². The summed E-state index contributed by atoms with van der Waals surface area (Å²) in [5.41, 5.74) is 0. The molecule has 14 heavy (non-hydrogen) atoms. The Morgan fingerprint density at radius 3 is 3.00 bits per heavy atom. The molecule has 1 aromatic heterocycles. The van der Waals surface area contributed by atoms with Crippen molar-refractivity contribution in [1.82, 2.24) is 5.32 Å². The third-order valence-corrected chi connectivity index (χ3v) is 1.65. The summed E-state index contributed by atoms with van der Waals surface area (Å²) in [5, 5.41) is 13.3. The highest BCUT2D eigenvalue weighted by molar-refractivity contribution is 5.17. The minimum atomic E-state index is -0.548. The molecular weight excluding hydrogens is 184 g/mol. The molecule has 0 fully saturated rings. The van der Waals surface area contributed by atoms with Gasteiger partial charge in [0.1, 0.15) is 10.7 Å². The zero-order chi connectivity index (χ0) is 10.4.